The first-order valence-electron chi connectivity index (χ1n) is 7.57. The molecule has 0 aliphatic heterocycles. The second kappa shape index (κ2) is 8.24. The third kappa shape index (κ3) is 5.03. The largest absolute Gasteiger partial charge is 0.460 e. The lowest BCUT2D eigenvalue weighted by molar-refractivity contribution is 0.0747. The Morgan fingerprint density at radius 1 is 0.625 bits per heavy atom. The molecule has 3 aromatic rings. The molecule has 0 amide bonds. The van der Waals surface area contributed by atoms with Crippen molar-refractivity contribution in [3.63, 3.8) is 0 Å². The van der Waals surface area contributed by atoms with E-state index in [1.807, 2.05) is 42.5 Å². The monoisotopic (exact) mass is 374 g/mol. The Hall–Kier alpha value is -1.94. The summed E-state index contributed by atoms with van der Waals surface area (Å²) in [6.45, 7) is 0. The molecular formula is C19H16Cl2O2Si. The summed E-state index contributed by atoms with van der Waals surface area (Å²) in [6.07, 6.45) is 0. The zero-order valence-corrected chi connectivity index (χ0v) is 15.8. The fraction of sp³-hybridized carbons (Fsp3) is 0.0526. The highest BCUT2D eigenvalue weighted by Gasteiger charge is 2.14. The van der Waals surface area contributed by atoms with Crippen LogP contribution in [0.2, 0.25) is 10.0 Å². The highest BCUT2D eigenvalue weighted by Crippen LogP contribution is 2.20. The number of hydrogen-bond acceptors (Lipinski definition) is 2. The summed E-state index contributed by atoms with van der Waals surface area (Å²) in [4.78, 5) is 0. The smallest absolute Gasteiger partial charge is 0.217 e. The van der Waals surface area contributed by atoms with Crippen LogP contribution in [-0.2, 0) is 0 Å². The van der Waals surface area contributed by atoms with Gasteiger partial charge in [0.05, 0.1) is 0 Å². The Kier molecular flexibility index (Phi) is 5.80. The van der Waals surface area contributed by atoms with Gasteiger partial charge in [-0.2, -0.15) is 0 Å². The molecule has 0 saturated carbocycles. The van der Waals surface area contributed by atoms with E-state index < -0.39 is 9.52 Å². The Morgan fingerprint density at radius 3 is 1.54 bits per heavy atom. The molecule has 0 unspecified atom stereocenters. The third-order valence-corrected chi connectivity index (χ3v) is 5.52. The summed E-state index contributed by atoms with van der Waals surface area (Å²) in [7, 11) is -0.815. The van der Waals surface area contributed by atoms with Gasteiger partial charge < -0.3 is 9.47 Å². The fourth-order valence-corrected chi connectivity index (χ4v) is 3.98. The average molecular weight is 375 g/mol. The van der Waals surface area contributed by atoms with Crippen LogP contribution in [0.5, 0.6) is 11.5 Å². The first kappa shape index (κ1) is 16.9. The lowest BCUT2D eigenvalue weighted by Crippen LogP contribution is -2.37. The highest BCUT2D eigenvalue weighted by atomic mass is 35.5. The maximum atomic E-state index is 6.06. The van der Waals surface area contributed by atoms with Crippen molar-refractivity contribution in [1.29, 1.82) is 0 Å². The lowest BCUT2D eigenvalue weighted by atomic mass is 10.3. The topological polar surface area (TPSA) is 18.5 Å². The van der Waals surface area contributed by atoms with Gasteiger partial charge in [-0.05, 0) is 48.5 Å². The van der Waals surface area contributed by atoms with Gasteiger partial charge in [0.25, 0.3) is 0 Å². The van der Waals surface area contributed by atoms with Crippen molar-refractivity contribution < 1.29 is 9.47 Å². The predicted molar refractivity (Wildman–Crippen MR) is 103 cm³/mol. The first-order valence-corrected chi connectivity index (χ1v) is 9.85. The van der Waals surface area contributed by atoms with Crippen molar-refractivity contribution in [1.82, 2.24) is 0 Å². The lowest BCUT2D eigenvalue weighted by Gasteiger charge is -2.21. The molecule has 0 bridgehead atoms. The fourth-order valence-electron chi connectivity index (χ4n) is 2.24. The number of rotatable bonds is 6. The maximum absolute atomic E-state index is 6.06. The van der Waals surface area contributed by atoms with Crippen LogP contribution < -0.4 is 14.7 Å². The van der Waals surface area contributed by atoms with Crippen LogP contribution in [0.15, 0.2) is 78.9 Å². The predicted octanol–water partition coefficient (Wildman–Crippen LogP) is 4.23. The second-order valence-corrected chi connectivity index (χ2v) is 8.03. The number of ether oxygens (including phenoxy) is 2. The molecule has 0 spiro atoms. The minimum atomic E-state index is -0.815. The molecule has 0 fully saturated rings. The van der Waals surface area contributed by atoms with Crippen LogP contribution in [0.3, 0.4) is 0 Å². The molecule has 0 aliphatic carbocycles. The molecule has 0 radical (unpaired) electrons. The van der Waals surface area contributed by atoms with Crippen molar-refractivity contribution in [3.05, 3.63) is 88.9 Å². The summed E-state index contributed by atoms with van der Waals surface area (Å²) in [5.41, 5.74) is 0. The maximum Gasteiger partial charge on any atom is 0.217 e. The van der Waals surface area contributed by atoms with Gasteiger partial charge in [-0.25, -0.2) is 0 Å². The molecule has 3 aromatic carbocycles. The molecule has 0 saturated heterocycles. The van der Waals surface area contributed by atoms with E-state index >= 15 is 0 Å². The van der Waals surface area contributed by atoms with Gasteiger partial charge in [-0.1, -0.05) is 58.7 Å². The quantitative estimate of drug-likeness (QED) is 0.474. The van der Waals surface area contributed by atoms with Crippen LogP contribution in [0.25, 0.3) is 0 Å². The van der Waals surface area contributed by atoms with Crippen molar-refractivity contribution in [2.24, 2.45) is 0 Å². The molecule has 5 heteroatoms. The van der Waals surface area contributed by atoms with E-state index in [4.69, 9.17) is 32.7 Å². The van der Waals surface area contributed by atoms with Gasteiger partial charge in [-0.3, -0.25) is 0 Å². The van der Waals surface area contributed by atoms with E-state index in [2.05, 4.69) is 12.1 Å². The normalized spacial score (nSPS) is 11.1. The van der Waals surface area contributed by atoms with Crippen molar-refractivity contribution >= 4 is 37.9 Å². The van der Waals surface area contributed by atoms with Crippen LogP contribution in [0.4, 0.5) is 0 Å². The van der Waals surface area contributed by atoms with Crippen LogP contribution in [0.1, 0.15) is 0 Å². The summed E-state index contributed by atoms with van der Waals surface area (Å²) < 4.78 is 12.1. The van der Waals surface area contributed by atoms with Gasteiger partial charge >= 0.3 is 0 Å². The van der Waals surface area contributed by atoms with Gasteiger partial charge in [-0.15, -0.1) is 0 Å². The zero-order valence-electron chi connectivity index (χ0n) is 12.9. The number of halogens is 2. The van der Waals surface area contributed by atoms with E-state index in [0.717, 1.165) is 11.5 Å². The minimum absolute atomic E-state index is 0.324. The minimum Gasteiger partial charge on any atom is -0.460 e. The summed E-state index contributed by atoms with van der Waals surface area (Å²) in [5.74, 6) is 1.15. The Labute approximate surface area is 153 Å². The van der Waals surface area contributed by atoms with Crippen LogP contribution in [-0.4, -0.2) is 15.4 Å². The van der Waals surface area contributed by atoms with E-state index in [-0.39, 0.29) is 5.91 Å². The highest BCUT2D eigenvalue weighted by molar-refractivity contribution is 6.54. The average Bonchev–Trinajstić information content (AvgIpc) is 2.60. The molecular weight excluding hydrogens is 359 g/mol. The summed E-state index contributed by atoms with van der Waals surface area (Å²) in [5, 5.41) is 2.63. The van der Waals surface area contributed by atoms with Crippen molar-refractivity contribution in [2.75, 3.05) is 0 Å². The van der Waals surface area contributed by atoms with Gasteiger partial charge in [0, 0.05) is 10.0 Å². The molecule has 0 aromatic heterocycles. The second-order valence-electron chi connectivity index (χ2n) is 5.26. The molecule has 24 heavy (non-hydrogen) atoms. The summed E-state index contributed by atoms with van der Waals surface area (Å²) >= 11 is 11.9. The number of hydrogen-bond donors (Lipinski definition) is 0. The number of benzene rings is 3. The Morgan fingerprint density at radius 2 is 1.08 bits per heavy atom. The standard InChI is InChI=1S/C19H16Cl2O2Si/c20-14-6-10-16(11-7-14)22-19(24-18-4-2-1-3-5-18)23-17-12-8-15(21)9-13-17/h1-13,19H,24H2. The molecule has 0 atom stereocenters. The Bertz CT molecular complexity index is 714. The van der Waals surface area contributed by atoms with Crippen LogP contribution in [0, 0.1) is 0 Å². The van der Waals surface area contributed by atoms with E-state index in [0.29, 0.717) is 10.0 Å². The first-order chi connectivity index (χ1) is 11.7. The molecule has 0 heterocycles. The third-order valence-electron chi connectivity index (χ3n) is 3.41. The van der Waals surface area contributed by atoms with E-state index in [1.54, 1.807) is 24.3 Å². The molecule has 3 rings (SSSR count). The molecule has 122 valence electrons. The zero-order chi connectivity index (χ0) is 16.8. The molecule has 0 aliphatic rings. The van der Waals surface area contributed by atoms with Crippen LogP contribution >= 0.6 is 23.2 Å². The molecule has 0 N–H and O–H groups in total. The molecule has 2 nitrogen and oxygen atoms in total. The van der Waals surface area contributed by atoms with Gasteiger partial charge in [0.15, 0.2) is 9.52 Å². The van der Waals surface area contributed by atoms with Gasteiger partial charge in [0.2, 0.25) is 5.91 Å². The van der Waals surface area contributed by atoms with Crippen molar-refractivity contribution in [2.45, 2.75) is 5.91 Å². The van der Waals surface area contributed by atoms with Gasteiger partial charge in [0.1, 0.15) is 11.5 Å². The van der Waals surface area contributed by atoms with E-state index in [1.165, 1.54) is 5.19 Å². The Balaban J connectivity index is 1.76. The summed E-state index contributed by atoms with van der Waals surface area (Å²) in [6, 6.07) is 24.9. The van der Waals surface area contributed by atoms with E-state index in [9.17, 15) is 0 Å². The SMILES string of the molecule is Clc1ccc(OC(Oc2ccc(Cl)cc2)[SiH2]c2ccccc2)cc1. The van der Waals surface area contributed by atoms with Crippen molar-refractivity contribution in [3.8, 4) is 11.5 Å².